The molecule has 0 aliphatic carbocycles. The number of carbonyl (C=O) groups is 1. The van der Waals surface area contributed by atoms with Gasteiger partial charge in [-0.3, -0.25) is 4.79 Å². The molecule has 30 heavy (non-hydrogen) atoms. The van der Waals surface area contributed by atoms with Crippen molar-refractivity contribution in [3.05, 3.63) is 66.1 Å². The van der Waals surface area contributed by atoms with Gasteiger partial charge in [-0.1, -0.05) is 37.3 Å². The van der Waals surface area contributed by atoms with Crippen LogP contribution in [-0.4, -0.2) is 42.6 Å². The van der Waals surface area contributed by atoms with Crippen LogP contribution in [0.3, 0.4) is 0 Å². The van der Waals surface area contributed by atoms with Crippen molar-refractivity contribution >= 4 is 26.6 Å². The molecular formula is C23H25FN2O3S. The van der Waals surface area contributed by atoms with Gasteiger partial charge in [0.25, 0.3) is 0 Å². The highest BCUT2D eigenvalue weighted by Crippen LogP contribution is 2.28. The largest absolute Gasteiger partial charge is 0.342 e. The lowest BCUT2D eigenvalue weighted by molar-refractivity contribution is -0.129. The lowest BCUT2D eigenvalue weighted by Gasteiger charge is -2.30. The van der Waals surface area contributed by atoms with Gasteiger partial charge in [0.2, 0.25) is 5.91 Å². The summed E-state index contributed by atoms with van der Waals surface area (Å²) < 4.78 is 41.4. The number of piperidine rings is 1. The molecule has 3 aromatic rings. The molecule has 0 saturated carbocycles. The molecular weight excluding hydrogens is 403 g/mol. The summed E-state index contributed by atoms with van der Waals surface area (Å²) in [4.78, 5) is 14.5. The molecule has 4 rings (SSSR count). The number of para-hydroxylation sites is 1. The molecule has 2 heterocycles. The SMILES string of the molecule is CC1CCN(C(=O)CS(=O)(=O)c2cn(Cc3ccc(F)cc3)c3ccccc23)CC1. The minimum atomic E-state index is -3.80. The third-order valence-electron chi connectivity index (χ3n) is 5.80. The van der Waals surface area contributed by atoms with Crippen molar-refractivity contribution in [2.45, 2.75) is 31.2 Å². The fourth-order valence-electron chi connectivity index (χ4n) is 3.97. The zero-order valence-electron chi connectivity index (χ0n) is 16.9. The van der Waals surface area contributed by atoms with Gasteiger partial charge in [-0.15, -0.1) is 0 Å². The number of hydrogen-bond donors (Lipinski definition) is 0. The number of halogens is 1. The molecule has 158 valence electrons. The van der Waals surface area contributed by atoms with E-state index in [2.05, 4.69) is 6.92 Å². The van der Waals surface area contributed by atoms with E-state index in [1.807, 2.05) is 16.7 Å². The van der Waals surface area contributed by atoms with Crippen molar-refractivity contribution in [3.63, 3.8) is 0 Å². The minimum absolute atomic E-state index is 0.166. The van der Waals surface area contributed by atoms with E-state index in [9.17, 15) is 17.6 Å². The van der Waals surface area contributed by atoms with Gasteiger partial charge in [0, 0.05) is 36.7 Å². The molecule has 7 heteroatoms. The summed E-state index contributed by atoms with van der Waals surface area (Å²) in [5, 5.41) is 0.597. The normalized spacial score (nSPS) is 15.6. The van der Waals surface area contributed by atoms with Crippen LogP contribution in [0, 0.1) is 11.7 Å². The van der Waals surface area contributed by atoms with E-state index in [1.165, 1.54) is 12.1 Å². The summed E-state index contributed by atoms with van der Waals surface area (Å²) in [5.41, 5.74) is 1.62. The number of likely N-dealkylation sites (tertiary alicyclic amines) is 1. The molecule has 1 fully saturated rings. The minimum Gasteiger partial charge on any atom is -0.342 e. The number of benzene rings is 2. The number of hydrogen-bond acceptors (Lipinski definition) is 3. The van der Waals surface area contributed by atoms with Crippen LogP contribution in [0.15, 0.2) is 59.6 Å². The zero-order chi connectivity index (χ0) is 21.3. The molecule has 0 atom stereocenters. The first-order valence-electron chi connectivity index (χ1n) is 10.2. The summed E-state index contributed by atoms with van der Waals surface area (Å²) >= 11 is 0. The van der Waals surface area contributed by atoms with Gasteiger partial charge in [0.1, 0.15) is 11.6 Å². The molecule has 1 saturated heterocycles. The van der Waals surface area contributed by atoms with Crippen LogP contribution in [0.4, 0.5) is 4.39 Å². The van der Waals surface area contributed by atoms with Crippen molar-refractivity contribution in [1.82, 2.24) is 9.47 Å². The van der Waals surface area contributed by atoms with Gasteiger partial charge < -0.3 is 9.47 Å². The van der Waals surface area contributed by atoms with Crippen LogP contribution >= 0.6 is 0 Å². The van der Waals surface area contributed by atoms with E-state index in [0.29, 0.717) is 30.9 Å². The molecule has 1 amide bonds. The Bertz CT molecular complexity index is 1160. The number of amides is 1. The summed E-state index contributed by atoms with van der Waals surface area (Å²) in [6.07, 6.45) is 3.40. The summed E-state index contributed by atoms with van der Waals surface area (Å²) in [6.45, 7) is 3.78. The molecule has 0 unspecified atom stereocenters. The smallest absolute Gasteiger partial charge is 0.238 e. The lowest BCUT2D eigenvalue weighted by atomic mass is 9.99. The number of sulfone groups is 1. The topological polar surface area (TPSA) is 59.4 Å². The first kappa shape index (κ1) is 20.6. The van der Waals surface area contributed by atoms with Gasteiger partial charge in [-0.2, -0.15) is 0 Å². The van der Waals surface area contributed by atoms with Crippen molar-refractivity contribution < 1.29 is 17.6 Å². The predicted molar refractivity (Wildman–Crippen MR) is 114 cm³/mol. The van der Waals surface area contributed by atoms with E-state index >= 15 is 0 Å². The molecule has 0 bridgehead atoms. The Kier molecular flexibility index (Phi) is 5.64. The van der Waals surface area contributed by atoms with Crippen molar-refractivity contribution in [3.8, 4) is 0 Å². The molecule has 1 aliphatic rings. The van der Waals surface area contributed by atoms with E-state index in [1.54, 1.807) is 35.4 Å². The maximum atomic E-state index is 13.2. The second-order valence-corrected chi connectivity index (χ2v) is 10.0. The number of fused-ring (bicyclic) bond motifs is 1. The molecule has 0 radical (unpaired) electrons. The van der Waals surface area contributed by atoms with Crippen LogP contribution in [-0.2, 0) is 21.2 Å². The summed E-state index contributed by atoms with van der Waals surface area (Å²) in [6, 6.07) is 13.4. The number of rotatable bonds is 5. The molecule has 1 aromatic heterocycles. The first-order valence-corrected chi connectivity index (χ1v) is 11.8. The second kappa shape index (κ2) is 8.22. The standard InChI is InChI=1S/C23H25FN2O3S/c1-17-10-12-25(13-11-17)23(27)16-30(28,29)22-15-26(21-5-3-2-4-20(21)22)14-18-6-8-19(24)9-7-18/h2-9,15,17H,10-14,16H2,1H3. The van der Waals surface area contributed by atoms with E-state index in [-0.39, 0.29) is 16.6 Å². The van der Waals surface area contributed by atoms with Gasteiger partial charge in [-0.25, -0.2) is 12.8 Å². The quantitative estimate of drug-likeness (QED) is 0.620. The summed E-state index contributed by atoms with van der Waals surface area (Å²) in [7, 11) is -3.80. The van der Waals surface area contributed by atoms with Gasteiger partial charge in [0.05, 0.1) is 4.90 Å². The molecule has 1 aliphatic heterocycles. The van der Waals surface area contributed by atoms with Crippen molar-refractivity contribution in [2.75, 3.05) is 18.8 Å². The highest BCUT2D eigenvalue weighted by molar-refractivity contribution is 7.92. The Balaban J connectivity index is 1.63. The van der Waals surface area contributed by atoms with E-state index in [0.717, 1.165) is 23.9 Å². The zero-order valence-corrected chi connectivity index (χ0v) is 17.7. The highest BCUT2D eigenvalue weighted by atomic mass is 32.2. The Morgan fingerprint density at radius 2 is 1.73 bits per heavy atom. The second-order valence-electron chi connectivity index (χ2n) is 8.09. The van der Waals surface area contributed by atoms with Gasteiger partial charge in [-0.05, 0) is 42.5 Å². The molecule has 5 nitrogen and oxygen atoms in total. The first-order chi connectivity index (χ1) is 14.3. The van der Waals surface area contributed by atoms with Crippen LogP contribution in [0.1, 0.15) is 25.3 Å². The maximum absolute atomic E-state index is 13.2. The molecule has 0 N–H and O–H groups in total. The Hall–Kier alpha value is -2.67. The van der Waals surface area contributed by atoms with E-state index < -0.39 is 15.6 Å². The summed E-state index contributed by atoms with van der Waals surface area (Å²) in [5.74, 6) is -0.608. The Morgan fingerprint density at radius 3 is 2.43 bits per heavy atom. The third-order valence-corrected chi connectivity index (χ3v) is 7.43. The average molecular weight is 429 g/mol. The highest BCUT2D eigenvalue weighted by Gasteiger charge is 2.28. The van der Waals surface area contributed by atoms with E-state index in [4.69, 9.17) is 0 Å². The van der Waals surface area contributed by atoms with Crippen LogP contribution in [0.5, 0.6) is 0 Å². The maximum Gasteiger partial charge on any atom is 0.238 e. The predicted octanol–water partition coefficient (Wildman–Crippen LogP) is 3.86. The number of carbonyl (C=O) groups excluding carboxylic acids is 1. The Morgan fingerprint density at radius 1 is 1.07 bits per heavy atom. The van der Waals surface area contributed by atoms with Gasteiger partial charge >= 0.3 is 0 Å². The number of aromatic nitrogens is 1. The van der Waals surface area contributed by atoms with Crippen molar-refractivity contribution in [1.29, 1.82) is 0 Å². The average Bonchev–Trinajstić information content (AvgIpc) is 3.09. The van der Waals surface area contributed by atoms with Crippen LogP contribution in [0.25, 0.3) is 10.9 Å². The van der Waals surface area contributed by atoms with Crippen LogP contribution < -0.4 is 0 Å². The monoisotopic (exact) mass is 428 g/mol. The fraction of sp³-hybridized carbons (Fsp3) is 0.348. The fourth-order valence-corrected chi connectivity index (χ4v) is 5.43. The Labute approximate surface area is 176 Å². The molecule has 0 spiro atoms. The number of nitrogens with zero attached hydrogens (tertiary/aromatic N) is 2. The third kappa shape index (κ3) is 4.26. The van der Waals surface area contributed by atoms with Crippen molar-refractivity contribution in [2.24, 2.45) is 5.92 Å². The van der Waals surface area contributed by atoms with Gasteiger partial charge in [0.15, 0.2) is 9.84 Å². The lowest BCUT2D eigenvalue weighted by Crippen LogP contribution is -2.41. The van der Waals surface area contributed by atoms with Crippen LogP contribution in [0.2, 0.25) is 0 Å². The molecule has 2 aromatic carbocycles.